The van der Waals surface area contributed by atoms with Crippen LogP contribution >= 0.6 is 0 Å². The van der Waals surface area contributed by atoms with Gasteiger partial charge in [0, 0.05) is 38.1 Å². The Morgan fingerprint density at radius 1 is 1.21 bits per heavy atom. The van der Waals surface area contributed by atoms with Gasteiger partial charge in [-0.2, -0.15) is 0 Å². The average molecular weight is 331 g/mol. The van der Waals surface area contributed by atoms with E-state index in [1.54, 1.807) is 25.3 Å². The zero-order valence-electron chi connectivity index (χ0n) is 13.6. The normalized spacial score (nSPS) is 14.6. The van der Waals surface area contributed by atoms with Crippen molar-refractivity contribution in [1.82, 2.24) is 15.0 Å². The van der Waals surface area contributed by atoms with Crippen LogP contribution in [0.2, 0.25) is 0 Å². The van der Waals surface area contributed by atoms with E-state index in [9.17, 15) is 9.18 Å². The SMILES string of the molecule is COC(=O)c1cc(C)nc(N2CCN(c3ncccc3F)CC2)n1. The van der Waals surface area contributed by atoms with Crippen molar-refractivity contribution in [3.05, 3.63) is 41.6 Å². The zero-order valence-corrected chi connectivity index (χ0v) is 13.6. The van der Waals surface area contributed by atoms with E-state index in [-0.39, 0.29) is 11.5 Å². The van der Waals surface area contributed by atoms with Gasteiger partial charge in [0.1, 0.15) is 0 Å². The maximum Gasteiger partial charge on any atom is 0.356 e. The summed E-state index contributed by atoms with van der Waals surface area (Å²) in [5, 5.41) is 0. The van der Waals surface area contributed by atoms with E-state index in [2.05, 4.69) is 15.0 Å². The van der Waals surface area contributed by atoms with E-state index in [1.807, 2.05) is 9.80 Å². The molecule has 1 saturated heterocycles. The van der Waals surface area contributed by atoms with Gasteiger partial charge in [0.05, 0.1) is 7.11 Å². The van der Waals surface area contributed by atoms with Crippen LogP contribution in [0.5, 0.6) is 0 Å². The number of methoxy groups -OCH3 is 1. The van der Waals surface area contributed by atoms with Crippen molar-refractivity contribution in [2.75, 3.05) is 43.1 Å². The lowest BCUT2D eigenvalue weighted by atomic mass is 10.3. The molecule has 8 heteroatoms. The lowest BCUT2D eigenvalue weighted by Gasteiger charge is -2.35. The summed E-state index contributed by atoms with van der Waals surface area (Å²) >= 11 is 0. The molecule has 0 atom stereocenters. The number of carbonyl (C=O) groups is 1. The standard InChI is InChI=1S/C16H18FN5O2/c1-11-10-13(15(23)24-2)20-16(19-11)22-8-6-21(7-9-22)14-12(17)4-3-5-18-14/h3-5,10H,6-9H2,1-2H3. The highest BCUT2D eigenvalue weighted by Gasteiger charge is 2.23. The molecule has 1 aliphatic heterocycles. The van der Waals surface area contributed by atoms with Crippen molar-refractivity contribution in [2.45, 2.75) is 6.92 Å². The predicted molar refractivity (Wildman–Crippen MR) is 86.7 cm³/mol. The number of pyridine rings is 1. The Morgan fingerprint density at radius 3 is 2.58 bits per heavy atom. The van der Waals surface area contributed by atoms with Crippen LogP contribution in [0.25, 0.3) is 0 Å². The molecule has 0 saturated carbocycles. The number of hydrogen-bond acceptors (Lipinski definition) is 7. The molecule has 0 amide bonds. The number of halogens is 1. The number of aromatic nitrogens is 3. The van der Waals surface area contributed by atoms with Gasteiger partial charge in [-0.1, -0.05) is 0 Å². The molecule has 7 nitrogen and oxygen atoms in total. The molecule has 1 aliphatic rings. The predicted octanol–water partition coefficient (Wildman–Crippen LogP) is 1.43. The fourth-order valence-electron chi connectivity index (χ4n) is 2.63. The largest absolute Gasteiger partial charge is 0.464 e. The Kier molecular flexibility index (Phi) is 4.54. The van der Waals surface area contributed by atoms with Gasteiger partial charge in [-0.3, -0.25) is 0 Å². The Balaban J connectivity index is 1.74. The van der Waals surface area contributed by atoms with Crippen LogP contribution in [-0.2, 0) is 4.74 Å². The number of hydrogen-bond donors (Lipinski definition) is 0. The van der Waals surface area contributed by atoms with Crippen LogP contribution in [0.1, 0.15) is 16.2 Å². The zero-order chi connectivity index (χ0) is 17.1. The second-order valence-corrected chi connectivity index (χ2v) is 5.47. The van der Waals surface area contributed by atoms with Crippen LogP contribution in [0, 0.1) is 12.7 Å². The molecule has 126 valence electrons. The Morgan fingerprint density at radius 2 is 1.92 bits per heavy atom. The molecular formula is C16H18FN5O2. The molecule has 0 bridgehead atoms. The Hall–Kier alpha value is -2.77. The molecule has 3 rings (SSSR count). The van der Waals surface area contributed by atoms with Crippen molar-refractivity contribution in [3.63, 3.8) is 0 Å². The maximum absolute atomic E-state index is 13.8. The van der Waals surface area contributed by atoms with Crippen LogP contribution in [-0.4, -0.2) is 54.2 Å². The highest BCUT2D eigenvalue weighted by atomic mass is 19.1. The summed E-state index contributed by atoms with van der Waals surface area (Å²) in [4.78, 5) is 28.3. The van der Waals surface area contributed by atoms with Crippen molar-refractivity contribution in [2.24, 2.45) is 0 Å². The number of aryl methyl sites for hydroxylation is 1. The Labute approximate surface area is 139 Å². The molecular weight excluding hydrogens is 313 g/mol. The summed E-state index contributed by atoms with van der Waals surface area (Å²) < 4.78 is 18.5. The van der Waals surface area contributed by atoms with Crippen molar-refractivity contribution >= 4 is 17.7 Å². The lowest BCUT2D eigenvalue weighted by molar-refractivity contribution is 0.0593. The quantitative estimate of drug-likeness (QED) is 0.788. The summed E-state index contributed by atoms with van der Waals surface area (Å²) in [5.74, 6) is 0.0239. The number of ether oxygens (including phenoxy) is 1. The number of rotatable bonds is 3. The molecule has 0 radical (unpaired) electrons. The smallest absolute Gasteiger partial charge is 0.356 e. The van der Waals surface area contributed by atoms with Crippen molar-refractivity contribution in [3.8, 4) is 0 Å². The molecule has 0 aliphatic carbocycles. The minimum Gasteiger partial charge on any atom is -0.464 e. The summed E-state index contributed by atoms with van der Waals surface area (Å²) in [6, 6.07) is 4.57. The van der Waals surface area contributed by atoms with E-state index in [1.165, 1.54) is 13.2 Å². The van der Waals surface area contributed by atoms with Crippen LogP contribution in [0.15, 0.2) is 24.4 Å². The van der Waals surface area contributed by atoms with Crippen molar-refractivity contribution < 1.29 is 13.9 Å². The number of carbonyl (C=O) groups excluding carboxylic acids is 1. The van der Waals surface area contributed by atoms with Gasteiger partial charge in [0.2, 0.25) is 5.95 Å². The maximum atomic E-state index is 13.8. The molecule has 0 aromatic carbocycles. The average Bonchev–Trinajstić information content (AvgIpc) is 2.61. The molecule has 0 spiro atoms. The van der Waals surface area contributed by atoms with Gasteiger partial charge >= 0.3 is 5.97 Å². The molecule has 1 fully saturated rings. The van der Waals surface area contributed by atoms with Crippen molar-refractivity contribution in [1.29, 1.82) is 0 Å². The second-order valence-electron chi connectivity index (χ2n) is 5.47. The van der Waals surface area contributed by atoms with E-state index in [4.69, 9.17) is 4.74 Å². The molecule has 2 aromatic rings. The molecule has 0 N–H and O–H groups in total. The number of nitrogens with zero attached hydrogens (tertiary/aromatic N) is 5. The molecule has 3 heterocycles. The second kappa shape index (κ2) is 6.77. The first-order valence-corrected chi connectivity index (χ1v) is 7.63. The lowest BCUT2D eigenvalue weighted by Crippen LogP contribution is -2.47. The first-order chi connectivity index (χ1) is 11.6. The molecule has 2 aromatic heterocycles. The minimum atomic E-state index is -0.490. The summed E-state index contributed by atoms with van der Waals surface area (Å²) in [6.07, 6.45) is 1.58. The third-order valence-corrected chi connectivity index (χ3v) is 3.84. The third kappa shape index (κ3) is 3.27. The van der Waals surface area contributed by atoms with E-state index >= 15 is 0 Å². The third-order valence-electron chi connectivity index (χ3n) is 3.84. The summed E-state index contributed by atoms with van der Waals surface area (Å²) in [5.41, 5.74) is 0.928. The van der Waals surface area contributed by atoms with Gasteiger partial charge in [0.25, 0.3) is 0 Å². The van der Waals surface area contributed by atoms with Crippen LogP contribution in [0.4, 0.5) is 16.2 Å². The Bertz CT molecular complexity index is 747. The molecule has 0 unspecified atom stereocenters. The first-order valence-electron chi connectivity index (χ1n) is 7.63. The van der Waals surface area contributed by atoms with Gasteiger partial charge < -0.3 is 14.5 Å². The molecule has 24 heavy (non-hydrogen) atoms. The highest BCUT2D eigenvalue weighted by molar-refractivity contribution is 5.87. The minimum absolute atomic E-state index is 0.234. The van der Waals surface area contributed by atoms with E-state index < -0.39 is 5.97 Å². The van der Waals surface area contributed by atoms with Gasteiger partial charge in [-0.15, -0.1) is 0 Å². The van der Waals surface area contributed by atoms with Crippen LogP contribution < -0.4 is 9.80 Å². The highest BCUT2D eigenvalue weighted by Crippen LogP contribution is 2.19. The first kappa shape index (κ1) is 16.1. The number of anilines is 2. The monoisotopic (exact) mass is 331 g/mol. The summed E-state index contributed by atoms with van der Waals surface area (Å²) in [7, 11) is 1.32. The van der Waals surface area contributed by atoms with Gasteiger partial charge in [-0.05, 0) is 25.1 Å². The summed E-state index contributed by atoms with van der Waals surface area (Å²) in [6.45, 7) is 4.22. The topological polar surface area (TPSA) is 71.5 Å². The van der Waals surface area contributed by atoms with Gasteiger partial charge in [-0.25, -0.2) is 24.1 Å². The van der Waals surface area contributed by atoms with Gasteiger partial charge in [0.15, 0.2) is 17.3 Å². The fourth-order valence-corrected chi connectivity index (χ4v) is 2.63. The fraction of sp³-hybridized carbons (Fsp3) is 0.375. The number of piperazine rings is 1. The van der Waals surface area contributed by atoms with E-state index in [0.717, 1.165) is 0 Å². The number of esters is 1. The van der Waals surface area contributed by atoms with E-state index in [0.29, 0.717) is 43.6 Å². The van der Waals surface area contributed by atoms with Crippen LogP contribution in [0.3, 0.4) is 0 Å².